The van der Waals surface area contributed by atoms with Crippen molar-refractivity contribution in [2.75, 3.05) is 12.5 Å². The largest absolute Gasteiger partial charge is 0.463 e. The molecule has 0 bridgehead atoms. The van der Waals surface area contributed by atoms with Crippen molar-refractivity contribution in [3.8, 4) is 0 Å². The van der Waals surface area contributed by atoms with E-state index in [0.717, 1.165) is 5.56 Å². The van der Waals surface area contributed by atoms with Crippen LogP contribution in [0.15, 0.2) is 29.8 Å². The van der Waals surface area contributed by atoms with Crippen molar-refractivity contribution in [3.05, 3.63) is 41.0 Å². The van der Waals surface area contributed by atoms with E-state index < -0.39 is 0 Å². The Kier molecular flexibility index (Phi) is 9.91. The molecule has 0 unspecified atom stereocenters. The quantitative estimate of drug-likeness (QED) is 0.448. The fourth-order valence-electron chi connectivity index (χ4n) is 1.42. The molecule has 19 heavy (non-hydrogen) atoms. The van der Waals surface area contributed by atoms with E-state index in [0.29, 0.717) is 24.5 Å². The third kappa shape index (κ3) is 7.02. The molecule has 0 heterocycles. The zero-order chi connectivity index (χ0) is 14.7. The molecule has 0 aliphatic heterocycles. The van der Waals surface area contributed by atoms with E-state index in [2.05, 4.69) is 0 Å². The molecule has 0 spiro atoms. The smallest absolute Gasteiger partial charge is 0.334 e. The molecule has 0 radical (unpaired) electrons. The highest BCUT2D eigenvalue weighted by atomic mass is 35.5. The van der Waals surface area contributed by atoms with E-state index >= 15 is 0 Å². The Hall–Kier alpha value is -1.28. The number of carbonyl (C=O) groups excluding carboxylic acids is 1. The summed E-state index contributed by atoms with van der Waals surface area (Å²) < 4.78 is 4.99. The normalized spacial score (nSPS) is 10.5. The van der Waals surface area contributed by atoms with Gasteiger partial charge in [-0.3, -0.25) is 0 Å². The fourth-order valence-corrected chi connectivity index (χ4v) is 1.63. The van der Waals surface area contributed by atoms with Crippen molar-refractivity contribution < 1.29 is 9.53 Å². The minimum absolute atomic E-state index is 0.284. The summed E-state index contributed by atoms with van der Waals surface area (Å²) in [5, 5.41) is 0. The number of esters is 1. The summed E-state index contributed by atoms with van der Waals surface area (Å²) in [4.78, 5) is 11.7. The van der Waals surface area contributed by atoms with E-state index in [-0.39, 0.29) is 5.97 Å². The number of carbonyl (C=O) groups is 1. The molecule has 1 aromatic rings. The van der Waals surface area contributed by atoms with Gasteiger partial charge in [-0.25, -0.2) is 4.79 Å². The topological polar surface area (TPSA) is 26.3 Å². The van der Waals surface area contributed by atoms with Crippen LogP contribution in [0.1, 0.15) is 38.3 Å². The monoisotopic (exact) mass is 282 g/mol. The van der Waals surface area contributed by atoms with Crippen molar-refractivity contribution in [1.82, 2.24) is 0 Å². The van der Waals surface area contributed by atoms with Crippen LogP contribution in [-0.4, -0.2) is 18.5 Å². The molecule has 0 fully saturated rings. The van der Waals surface area contributed by atoms with Gasteiger partial charge in [0.1, 0.15) is 0 Å². The average molecular weight is 283 g/mol. The third-order valence-electron chi connectivity index (χ3n) is 2.32. The van der Waals surface area contributed by atoms with Crippen molar-refractivity contribution in [1.29, 1.82) is 0 Å². The Bertz CT molecular complexity index is 394. The second-order valence-corrected chi connectivity index (χ2v) is 4.12. The van der Waals surface area contributed by atoms with Crippen LogP contribution in [0.4, 0.5) is 0 Å². The minimum atomic E-state index is -0.284. The number of aryl methyl sites for hydroxylation is 1. The Labute approximate surface area is 121 Å². The Morgan fingerprint density at radius 2 is 1.84 bits per heavy atom. The number of hydrogen-bond acceptors (Lipinski definition) is 2. The van der Waals surface area contributed by atoms with E-state index in [1.165, 1.54) is 5.56 Å². The summed E-state index contributed by atoms with van der Waals surface area (Å²) in [7, 11) is 0. The standard InChI is InChI=1S/C14H17ClO2.C2H6/c1-3-17-14(16)13(8-9-15)10-12-6-4-11(2)5-7-12;1-2/h4-7,10H,3,8-9H2,1-2H3;1-2H3/b13-10+;. The number of hydrogen-bond donors (Lipinski definition) is 0. The lowest BCUT2D eigenvalue weighted by atomic mass is 10.1. The molecule has 0 N–H and O–H groups in total. The van der Waals surface area contributed by atoms with Crippen LogP contribution in [0.25, 0.3) is 6.08 Å². The van der Waals surface area contributed by atoms with Crippen LogP contribution in [0, 0.1) is 6.92 Å². The van der Waals surface area contributed by atoms with Gasteiger partial charge in [0, 0.05) is 11.5 Å². The number of ether oxygens (including phenoxy) is 1. The summed E-state index contributed by atoms with van der Waals surface area (Å²) in [5.41, 5.74) is 2.80. The molecule has 0 aliphatic rings. The molecular formula is C16H23ClO2. The molecule has 0 saturated carbocycles. The van der Waals surface area contributed by atoms with Gasteiger partial charge in [0.05, 0.1) is 6.61 Å². The highest BCUT2D eigenvalue weighted by Crippen LogP contribution is 2.13. The van der Waals surface area contributed by atoms with Crippen LogP contribution >= 0.6 is 11.6 Å². The van der Waals surface area contributed by atoms with E-state index in [1.54, 1.807) is 6.92 Å². The maximum Gasteiger partial charge on any atom is 0.334 e. The van der Waals surface area contributed by atoms with Crippen molar-refractivity contribution in [3.63, 3.8) is 0 Å². The maximum atomic E-state index is 11.7. The van der Waals surface area contributed by atoms with Crippen molar-refractivity contribution in [2.24, 2.45) is 0 Å². The molecule has 0 saturated heterocycles. The molecule has 0 amide bonds. The Morgan fingerprint density at radius 1 is 1.26 bits per heavy atom. The fraction of sp³-hybridized carbons (Fsp3) is 0.438. The van der Waals surface area contributed by atoms with E-state index in [1.807, 2.05) is 51.1 Å². The maximum absolute atomic E-state index is 11.7. The molecule has 106 valence electrons. The third-order valence-corrected chi connectivity index (χ3v) is 2.51. The Balaban J connectivity index is 0.00000154. The first-order valence-corrected chi connectivity index (χ1v) is 7.21. The number of benzene rings is 1. The zero-order valence-electron chi connectivity index (χ0n) is 12.2. The molecule has 2 nitrogen and oxygen atoms in total. The van der Waals surface area contributed by atoms with Gasteiger partial charge in [-0.15, -0.1) is 11.6 Å². The summed E-state index contributed by atoms with van der Waals surface area (Å²) >= 11 is 5.68. The lowest BCUT2D eigenvalue weighted by Crippen LogP contribution is -2.08. The first-order valence-electron chi connectivity index (χ1n) is 6.67. The Morgan fingerprint density at radius 3 is 2.32 bits per heavy atom. The molecule has 1 rings (SSSR count). The highest BCUT2D eigenvalue weighted by Gasteiger charge is 2.09. The van der Waals surface area contributed by atoms with E-state index in [9.17, 15) is 4.79 Å². The van der Waals surface area contributed by atoms with Crippen LogP contribution in [0.2, 0.25) is 0 Å². The second-order valence-electron chi connectivity index (χ2n) is 3.74. The van der Waals surface area contributed by atoms with Crippen molar-refractivity contribution in [2.45, 2.75) is 34.1 Å². The zero-order valence-corrected chi connectivity index (χ0v) is 13.0. The van der Waals surface area contributed by atoms with Gasteiger partial charge in [-0.2, -0.15) is 0 Å². The van der Waals surface area contributed by atoms with Crippen LogP contribution < -0.4 is 0 Å². The van der Waals surface area contributed by atoms with Gasteiger partial charge in [0.15, 0.2) is 0 Å². The number of halogens is 1. The lowest BCUT2D eigenvalue weighted by Gasteiger charge is -2.05. The van der Waals surface area contributed by atoms with Crippen LogP contribution in [0.5, 0.6) is 0 Å². The summed E-state index contributed by atoms with van der Waals surface area (Å²) in [6.07, 6.45) is 2.36. The summed E-state index contributed by atoms with van der Waals surface area (Å²) in [5.74, 6) is 0.130. The van der Waals surface area contributed by atoms with Gasteiger partial charge < -0.3 is 4.74 Å². The molecule has 3 heteroatoms. The predicted octanol–water partition coefficient (Wildman–Crippen LogP) is 4.60. The average Bonchev–Trinajstić information content (AvgIpc) is 2.43. The van der Waals surface area contributed by atoms with Gasteiger partial charge >= 0.3 is 5.97 Å². The lowest BCUT2D eigenvalue weighted by molar-refractivity contribution is -0.138. The van der Waals surface area contributed by atoms with E-state index in [4.69, 9.17) is 16.3 Å². The summed E-state index contributed by atoms with van der Waals surface area (Å²) in [6, 6.07) is 7.97. The predicted molar refractivity (Wildman–Crippen MR) is 82.5 cm³/mol. The molecule has 0 atom stereocenters. The van der Waals surface area contributed by atoms with Gasteiger partial charge in [0.2, 0.25) is 0 Å². The van der Waals surface area contributed by atoms with Crippen molar-refractivity contribution >= 4 is 23.6 Å². The number of alkyl halides is 1. The van der Waals surface area contributed by atoms with Gasteiger partial charge in [-0.1, -0.05) is 43.7 Å². The SMILES string of the molecule is CC.CCOC(=O)/C(=C/c1ccc(C)cc1)CCCl. The van der Waals surface area contributed by atoms with Crippen LogP contribution in [0.3, 0.4) is 0 Å². The van der Waals surface area contributed by atoms with Gasteiger partial charge in [-0.05, 0) is 31.9 Å². The van der Waals surface area contributed by atoms with Gasteiger partial charge in [0.25, 0.3) is 0 Å². The minimum Gasteiger partial charge on any atom is -0.463 e. The molecule has 0 aliphatic carbocycles. The molecule has 1 aromatic carbocycles. The first-order chi connectivity index (χ1) is 9.17. The summed E-state index contributed by atoms with van der Waals surface area (Å²) in [6.45, 7) is 8.20. The highest BCUT2D eigenvalue weighted by molar-refractivity contribution is 6.18. The molecular weight excluding hydrogens is 260 g/mol. The number of rotatable bonds is 5. The molecule has 0 aromatic heterocycles. The first kappa shape index (κ1) is 17.7. The second kappa shape index (κ2) is 10.6. The van der Waals surface area contributed by atoms with Crippen LogP contribution in [-0.2, 0) is 9.53 Å².